The van der Waals surface area contributed by atoms with Crippen LogP contribution in [0.1, 0.15) is 11.1 Å². The van der Waals surface area contributed by atoms with Crippen LogP contribution < -0.4 is 4.74 Å². The molecule has 0 spiro atoms. The molecule has 0 aliphatic heterocycles. The van der Waals surface area contributed by atoms with Crippen LogP contribution in [-0.4, -0.2) is 5.11 Å². The molecule has 0 unspecified atom stereocenters. The standard InChI is InChI=1S/C14H8F3NO2/c15-14(16,17)11-6-5-10(7-9(11)8-18)20-13-4-2-1-3-12(13)19/h1-7,19H. The Kier molecular flexibility index (Phi) is 3.53. The summed E-state index contributed by atoms with van der Waals surface area (Å²) in [5.41, 5.74) is -1.56. The second kappa shape index (κ2) is 5.13. The van der Waals surface area contributed by atoms with Gasteiger partial charge in [0.25, 0.3) is 0 Å². The van der Waals surface area contributed by atoms with Gasteiger partial charge in [0.05, 0.1) is 17.2 Å². The summed E-state index contributed by atoms with van der Waals surface area (Å²) >= 11 is 0. The number of halogens is 3. The van der Waals surface area contributed by atoms with Crippen molar-refractivity contribution in [1.82, 2.24) is 0 Å². The largest absolute Gasteiger partial charge is 0.504 e. The first kappa shape index (κ1) is 13.7. The van der Waals surface area contributed by atoms with E-state index < -0.39 is 17.3 Å². The molecule has 1 N–H and O–H groups in total. The maximum absolute atomic E-state index is 12.6. The highest BCUT2D eigenvalue weighted by Crippen LogP contribution is 2.35. The highest BCUT2D eigenvalue weighted by Gasteiger charge is 2.33. The van der Waals surface area contributed by atoms with E-state index in [9.17, 15) is 18.3 Å². The van der Waals surface area contributed by atoms with Gasteiger partial charge in [-0.05, 0) is 30.3 Å². The van der Waals surface area contributed by atoms with Crippen molar-refractivity contribution in [3.05, 3.63) is 53.6 Å². The molecule has 2 rings (SSSR count). The molecule has 0 fully saturated rings. The van der Waals surface area contributed by atoms with E-state index in [1.165, 1.54) is 18.2 Å². The van der Waals surface area contributed by atoms with Gasteiger partial charge in [0.15, 0.2) is 11.5 Å². The molecule has 0 aliphatic carbocycles. The van der Waals surface area contributed by atoms with Crippen LogP contribution >= 0.6 is 0 Å². The van der Waals surface area contributed by atoms with E-state index in [4.69, 9.17) is 10.00 Å². The van der Waals surface area contributed by atoms with Gasteiger partial charge in [-0.15, -0.1) is 0 Å². The SMILES string of the molecule is N#Cc1cc(Oc2ccccc2O)ccc1C(F)(F)F. The number of aromatic hydroxyl groups is 1. The molecule has 20 heavy (non-hydrogen) atoms. The van der Waals surface area contributed by atoms with E-state index >= 15 is 0 Å². The fraction of sp³-hybridized carbons (Fsp3) is 0.0714. The number of nitriles is 1. The Bertz CT molecular complexity index is 675. The maximum atomic E-state index is 12.6. The summed E-state index contributed by atoms with van der Waals surface area (Å²) < 4.78 is 43.1. The summed E-state index contributed by atoms with van der Waals surface area (Å²) in [6.07, 6.45) is -4.60. The summed E-state index contributed by atoms with van der Waals surface area (Å²) in [7, 11) is 0. The molecule has 0 aromatic heterocycles. The highest BCUT2D eigenvalue weighted by molar-refractivity contribution is 5.47. The lowest BCUT2D eigenvalue weighted by molar-refractivity contribution is -0.137. The minimum atomic E-state index is -4.60. The number of nitrogens with zero attached hydrogens (tertiary/aromatic N) is 1. The molecule has 0 radical (unpaired) electrons. The van der Waals surface area contributed by atoms with Crippen LogP contribution in [0.5, 0.6) is 17.2 Å². The minimum absolute atomic E-state index is 0.0380. The zero-order valence-corrected chi connectivity index (χ0v) is 9.98. The number of phenolic OH excluding ortho intramolecular Hbond substituents is 1. The summed E-state index contributed by atoms with van der Waals surface area (Å²) in [5.74, 6) is -0.0156. The average molecular weight is 279 g/mol. The summed E-state index contributed by atoms with van der Waals surface area (Å²) in [6.45, 7) is 0. The van der Waals surface area contributed by atoms with E-state index in [1.54, 1.807) is 12.1 Å². The van der Waals surface area contributed by atoms with Crippen molar-refractivity contribution in [2.45, 2.75) is 6.18 Å². The monoisotopic (exact) mass is 279 g/mol. The average Bonchev–Trinajstić information content (AvgIpc) is 2.40. The highest BCUT2D eigenvalue weighted by atomic mass is 19.4. The number of benzene rings is 2. The van der Waals surface area contributed by atoms with Crippen LogP contribution in [0.3, 0.4) is 0 Å². The third-order valence-corrected chi connectivity index (χ3v) is 2.51. The Morgan fingerprint density at radius 1 is 1.10 bits per heavy atom. The van der Waals surface area contributed by atoms with E-state index in [0.717, 1.165) is 18.2 Å². The third-order valence-electron chi connectivity index (χ3n) is 2.51. The number of hydrogen-bond donors (Lipinski definition) is 1. The zero-order valence-electron chi connectivity index (χ0n) is 9.98. The van der Waals surface area contributed by atoms with Gasteiger partial charge in [0.1, 0.15) is 5.75 Å². The fourth-order valence-corrected chi connectivity index (χ4v) is 1.60. The molecule has 0 aliphatic rings. The Hall–Kier alpha value is -2.68. The maximum Gasteiger partial charge on any atom is 0.417 e. The van der Waals surface area contributed by atoms with Crippen LogP contribution in [0, 0.1) is 11.3 Å². The predicted molar refractivity (Wildman–Crippen MR) is 64.3 cm³/mol. The van der Waals surface area contributed by atoms with Gasteiger partial charge in [-0.1, -0.05) is 12.1 Å². The number of ether oxygens (including phenoxy) is 1. The Balaban J connectivity index is 2.37. The first-order valence-electron chi connectivity index (χ1n) is 5.49. The van der Waals surface area contributed by atoms with Crippen LogP contribution in [0.25, 0.3) is 0 Å². The van der Waals surface area contributed by atoms with Crippen LogP contribution in [0.4, 0.5) is 13.2 Å². The topological polar surface area (TPSA) is 53.2 Å². The van der Waals surface area contributed by atoms with E-state index in [2.05, 4.69) is 0 Å². The second-order valence-electron chi connectivity index (χ2n) is 3.89. The quantitative estimate of drug-likeness (QED) is 0.901. The predicted octanol–water partition coefficient (Wildman–Crippen LogP) is 4.07. The lowest BCUT2D eigenvalue weighted by atomic mass is 10.1. The summed E-state index contributed by atoms with van der Waals surface area (Å²) in [4.78, 5) is 0. The van der Waals surface area contributed by atoms with Gasteiger partial charge in [-0.2, -0.15) is 18.4 Å². The van der Waals surface area contributed by atoms with Crippen molar-refractivity contribution in [1.29, 1.82) is 5.26 Å². The first-order chi connectivity index (χ1) is 9.41. The molecule has 2 aromatic rings. The third kappa shape index (κ3) is 2.83. The van der Waals surface area contributed by atoms with Crippen LogP contribution in [0.2, 0.25) is 0 Å². The van der Waals surface area contributed by atoms with Gasteiger partial charge in [-0.25, -0.2) is 0 Å². The fourth-order valence-electron chi connectivity index (χ4n) is 1.60. The van der Waals surface area contributed by atoms with Gasteiger partial charge in [0, 0.05) is 0 Å². The first-order valence-corrected chi connectivity index (χ1v) is 5.49. The Morgan fingerprint density at radius 3 is 2.40 bits per heavy atom. The summed E-state index contributed by atoms with van der Waals surface area (Å²) in [5, 5.41) is 18.3. The van der Waals surface area contributed by atoms with Crippen molar-refractivity contribution in [3.63, 3.8) is 0 Å². The molecule has 3 nitrogen and oxygen atoms in total. The normalized spacial score (nSPS) is 10.9. The van der Waals surface area contributed by atoms with Crippen molar-refractivity contribution in [2.75, 3.05) is 0 Å². The smallest absolute Gasteiger partial charge is 0.417 e. The molecule has 0 saturated carbocycles. The molecular formula is C14H8F3NO2. The number of para-hydroxylation sites is 2. The molecule has 0 amide bonds. The Labute approximate surface area is 112 Å². The number of alkyl halides is 3. The molecule has 0 saturated heterocycles. The minimum Gasteiger partial charge on any atom is -0.504 e. The van der Waals surface area contributed by atoms with Crippen molar-refractivity contribution < 1.29 is 23.0 Å². The molecule has 6 heteroatoms. The number of hydrogen-bond acceptors (Lipinski definition) is 3. The second-order valence-corrected chi connectivity index (χ2v) is 3.89. The van der Waals surface area contributed by atoms with Crippen molar-refractivity contribution >= 4 is 0 Å². The Morgan fingerprint density at radius 2 is 1.80 bits per heavy atom. The molecule has 0 bridgehead atoms. The molecular weight excluding hydrogens is 271 g/mol. The van der Waals surface area contributed by atoms with Gasteiger partial charge < -0.3 is 9.84 Å². The molecule has 0 atom stereocenters. The van der Waals surface area contributed by atoms with Crippen molar-refractivity contribution in [3.8, 4) is 23.3 Å². The lowest BCUT2D eigenvalue weighted by Gasteiger charge is -2.11. The van der Waals surface area contributed by atoms with Crippen molar-refractivity contribution in [2.24, 2.45) is 0 Å². The van der Waals surface area contributed by atoms with Gasteiger partial charge in [0.2, 0.25) is 0 Å². The molecule has 2 aromatic carbocycles. The molecule has 0 heterocycles. The number of phenols is 1. The van der Waals surface area contributed by atoms with Gasteiger partial charge in [-0.3, -0.25) is 0 Å². The lowest BCUT2D eigenvalue weighted by Crippen LogP contribution is -2.07. The number of rotatable bonds is 2. The van der Waals surface area contributed by atoms with E-state index in [1.807, 2.05) is 0 Å². The van der Waals surface area contributed by atoms with Crippen LogP contribution in [-0.2, 0) is 6.18 Å². The summed E-state index contributed by atoms with van der Waals surface area (Å²) in [6, 6.07) is 10.3. The molecule has 102 valence electrons. The van der Waals surface area contributed by atoms with E-state index in [-0.39, 0.29) is 17.2 Å². The van der Waals surface area contributed by atoms with Crippen LogP contribution in [0.15, 0.2) is 42.5 Å². The zero-order chi connectivity index (χ0) is 14.8. The van der Waals surface area contributed by atoms with E-state index in [0.29, 0.717) is 0 Å². The van der Waals surface area contributed by atoms with Gasteiger partial charge >= 0.3 is 6.18 Å².